The topological polar surface area (TPSA) is 123 Å². The SMILES string of the molecule is N#Cc1ccc(C(=O)Nc2ccc(F)c(C34COC(C(F)(F)F)C3COC(N)=N4)c2)nc1. The number of nitrogens with zero attached hydrogens (tertiary/aromatic N) is 3. The predicted octanol–water partition coefficient (Wildman–Crippen LogP) is 2.46. The third-order valence-electron chi connectivity index (χ3n) is 5.32. The first-order chi connectivity index (χ1) is 15.1. The van der Waals surface area contributed by atoms with Gasteiger partial charge >= 0.3 is 6.18 Å². The zero-order valence-electron chi connectivity index (χ0n) is 16.2. The Morgan fingerprint density at radius 3 is 2.75 bits per heavy atom. The molecule has 166 valence electrons. The Morgan fingerprint density at radius 2 is 2.09 bits per heavy atom. The normalized spacial score (nSPS) is 24.7. The molecule has 0 bridgehead atoms. The van der Waals surface area contributed by atoms with E-state index in [-0.39, 0.29) is 28.5 Å². The number of anilines is 1. The van der Waals surface area contributed by atoms with E-state index in [0.29, 0.717) is 0 Å². The lowest BCUT2D eigenvalue weighted by Crippen LogP contribution is -2.48. The van der Waals surface area contributed by atoms with Gasteiger partial charge in [-0.3, -0.25) is 4.79 Å². The smallest absolute Gasteiger partial charge is 0.415 e. The number of aliphatic imine (C=N–C) groups is 1. The van der Waals surface area contributed by atoms with Crippen molar-refractivity contribution in [1.82, 2.24) is 4.98 Å². The molecule has 12 heteroatoms. The number of nitrogens with one attached hydrogen (secondary N) is 1. The molecule has 0 aliphatic carbocycles. The Labute approximate surface area is 178 Å². The van der Waals surface area contributed by atoms with Crippen LogP contribution in [0.3, 0.4) is 0 Å². The molecule has 2 aromatic rings. The Morgan fingerprint density at radius 1 is 1.31 bits per heavy atom. The molecule has 0 radical (unpaired) electrons. The van der Waals surface area contributed by atoms with Crippen molar-refractivity contribution in [2.75, 3.05) is 18.5 Å². The van der Waals surface area contributed by atoms with Crippen LogP contribution in [0.2, 0.25) is 0 Å². The lowest BCUT2D eigenvalue weighted by molar-refractivity contribution is -0.219. The van der Waals surface area contributed by atoms with Crippen molar-refractivity contribution in [3.05, 3.63) is 59.2 Å². The number of alkyl halides is 3. The number of fused-ring (bicyclic) bond motifs is 1. The zero-order valence-corrected chi connectivity index (χ0v) is 16.2. The molecular weight excluding hydrogens is 434 g/mol. The fourth-order valence-corrected chi connectivity index (χ4v) is 3.82. The first-order valence-electron chi connectivity index (χ1n) is 9.28. The van der Waals surface area contributed by atoms with E-state index in [4.69, 9.17) is 20.5 Å². The van der Waals surface area contributed by atoms with Crippen LogP contribution in [0.25, 0.3) is 0 Å². The third kappa shape index (κ3) is 3.71. The quantitative estimate of drug-likeness (QED) is 0.694. The van der Waals surface area contributed by atoms with Crippen molar-refractivity contribution in [2.24, 2.45) is 16.6 Å². The number of halogens is 4. The molecular formula is C20H15F4N5O3. The average molecular weight is 449 g/mol. The molecule has 1 aromatic carbocycles. The van der Waals surface area contributed by atoms with Crippen LogP contribution >= 0.6 is 0 Å². The van der Waals surface area contributed by atoms with Gasteiger partial charge in [0, 0.05) is 17.4 Å². The Kier molecular flexibility index (Phi) is 5.21. The molecule has 1 saturated heterocycles. The van der Waals surface area contributed by atoms with Gasteiger partial charge in [0.1, 0.15) is 23.1 Å². The molecule has 3 N–H and O–H groups in total. The minimum absolute atomic E-state index is 0.0134. The van der Waals surface area contributed by atoms with Gasteiger partial charge in [-0.05, 0) is 30.3 Å². The summed E-state index contributed by atoms with van der Waals surface area (Å²) in [6.07, 6.45) is -5.73. The van der Waals surface area contributed by atoms with Crippen molar-refractivity contribution < 1.29 is 31.8 Å². The summed E-state index contributed by atoms with van der Waals surface area (Å²) in [7, 11) is 0. The predicted molar refractivity (Wildman–Crippen MR) is 102 cm³/mol. The first-order valence-corrected chi connectivity index (χ1v) is 9.28. The molecule has 1 amide bonds. The van der Waals surface area contributed by atoms with Crippen LogP contribution in [-0.2, 0) is 15.0 Å². The molecule has 3 atom stereocenters. The molecule has 0 saturated carbocycles. The van der Waals surface area contributed by atoms with Crippen molar-refractivity contribution in [3.8, 4) is 6.07 Å². The maximum atomic E-state index is 14.8. The fraction of sp³-hybridized carbons (Fsp3) is 0.300. The maximum Gasteiger partial charge on any atom is 0.415 e. The van der Waals surface area contributed by atoms with E-state index in [1.807, 2.05) is 6.07 Å². The summed E-state index contributed by atoms with van der Waals surface area (Å²) in [4.78, 5) is 20.3. The molecule has 1 aromatic heterocycles. The average Bonchev–Trinajstić information content (AvgIpc) is 3.15. The number of nitrogens with two attached hydrogens (primary N) is 1. The van der Waals surface area contributed by atoms with Crippen LogP contribution in [0.1, 0.15) is 21.6 Å². The van der Waals surface area contributed by atoms with Crippen LogP contribution in [-0.4, -0.2) is 42.4 Å². The lowest BCUT2D eigenvalue weighted by Gasteiger charge is -2.36. The molecule has 2 aliphatic rings. The number of hydrogen-bond donors (Lipinski definition) is 2. The molecule has 3 heterocycles. The van der Waals surface area contributed by atoms with Crippen LogP contribution < -0.4 is 11.1 Å². The highest BCUT2D eigenvalue weighted by atomic mass is 19.4. The summed E-state index contributed by atoms with van der Waals surface area (Å²) < 4.78 is 65.2. The minimum atomic E-state index is -4.72. The van der Waals surface area contributed by atoms with E-state index < -0.39 is 48.7 Å². The van der Waals surface area contributed by atoms with E-state index in [0.717, 1.165) is 6.07 Å². The number of carbonyl (C=O) groups is 1. The number of nitriles is 1. The Bertz CT molecular complexity index is 1130. The van der Waals surface area contributed by atoms with E-state index >= 15 is 0 Å². The van der Waals surface area contributed by atoms with Gasteiger partial charge in [-0.15, -0.1) is 0 Å². The number of amides is 1. The van der Waals surface area contributed by atoms with E-state index in [1.165, 1.54) is 30.5 Å². The number of ether oxygens (including phenoxy) is 2. The molecule has 32 heavy (non-hydrogen) atoms. The van der Waals surface area contributed by atoms with Crippen LogP contribution in [0, 0.1) is 23.1 Å². The second kappa shape index (κ2) is 7.76. The van der Waals surface area contributed by atoms with Gasteiger partial charge in [0.15, 0.2) is 6.10 Å². The van der Waals surface area contributed by atoms with Gasteiger partial charge in [0.2, 0.25) is 0 Å². The van der Waals surface area contributed by atoms with Gasteiger partial charge in [0.25, 0.3) is 11.9 Å². The van der Waals surface area contributed by atoms with Crippen molar-refractivity contribution >= 4 is 17.6 Å². The standard InChI is InChI=1S/C20H15F4N5O3/c21-14-3-2-11(28-17(30)15-4-1-10(6-25)7-27-15)5-12(14)19-9-32-16(20(22,23)24)13(19)8-31-18(26)29-19/h1-5,7,13,16H,8-9H2,(H2,26,29)(H,28,30). The van der Waals surface area contributed by atoms with E-state index in [2.05, 4.69) is 15.3 Å². The monoisotopic (exact) mass is 449 g/mol. The highest BCUT2D eigenvalue weighted by molar-refractivity contribution is 6.02. The summed E-state index contributed by atoms with van der Waals surface area (Å²) in [5, 5.41) is 11.3. The lowest BCUT2D eigenvalue weighted by atomic mass is 9.77. The van der Waals surface area contributed by atoms with Crippen molar-refractivity contribution in [1.29, 1.82) is 5.26 Å². The molecule has 3 unspecified atom stereocenters. The minimum Gasteiger partial charge on any atom is -0.465 e. The zero-order chi connectivity index (χ0) is 23.1. The highest BCUT2D eigenvalue weighted by Crippen LogP contribution is 2.50. The Hall–Kier alpha value is -3.72. The second-order valence-electron chi connectivity index (χ2n) is 7.26. The second-order valence-corrected chi connectivity index (χ2v) is 7.26. The number of rotatable bonds is 3. The third-order valence-corrected chi connectivity index (χ3v) is 5.32. The first kappa shape index (κ1) is 21.5. The molecule has 2 aliphatic heterocycles. The van der Waals surface area contributed by atoms with E-state index in [1.54, 1.807) is 0 Å². The molecule has 0 spiro atoms. The van der Waals surface area contributed by atoms with E-state index in [9.17, 15) is 22.4 Å². The van der Waals surface area contributed by atoms with Gasteiger partial charge in [-0.1, -0.05) is 0 Å². The van der Waals surface area contributed by atoms with Crippen LogP contribution in [0.5, 0.6) is 0 Å². The maximum absolute atomic E-state index is 14.8. The van der Waals surface area contributed by atoms with Crippen LogP contribution in [0.15, 0.2) is 41.5 Å². The van der Waals surface area contributed by atoms with Gasteiger partial charge in [0.05, 0.1) is 24.7 Å². The van der Waals surface area contributed by atoms with Crippen LogP contribution in [0.4, 0.5) is 23.2 Å². The summed E-state index contributed by atoms with van der Waals surface area (Å²) in [5.74, 6) is -2.88. The largest absolute Gasteiger partial charge is 0.465 e. The molecule has 4 rings (SSSR count). The van der Waals surface area contributed by atoms with Gasteiger partial charge in [-0.2, -0.15) is 18.4 Å². The number of hydrogen-bond acceptors (Lipinski definition) is 7. The molecule has 1 fully saturated rings. The highest BCUT2D eigenvalue weighted by Gasteiger charge is 2.62. The summed E-state index contributed by atoms with van der Waals surface area (Å²) in [6, 6.07) is 7.65. The summed E-state index contributed by atoms with van der Waals surface area (Å²) in [5.41, 5.74) is 3.95. The van der Waals surface area contributed by atoms with Gasteiger partial charge < -0.3 is 20.5 Å². The summed E-state index contributed by atoms with van der Waals surface area (Å²) >= 11 is 0. The van der Waals surface area contributed by atoms with Crippen molar-refractivity contribution in [2.45, 2.75) is 17.8 Å². The number of amidine groups is 1. The number of carbonyl (C=O) groups excluding carboxylic acids is 1. The van der Waals surface area contributed by atoms with Crippen molar-refractivity contribution in [3.63, 3.8) is 0 Å². The number of aromatic nitrogens is 1. The Balaban J connectivity index is 1.69. The summed E-state index contributed by atoms with van der Waals surface area (Å²) in [6.45, 7) is -1.04. The van der Waals surface area contributed by atoms with Gasteiger partial charge in [-0.25, -0.2) is 14.4 Å². The number of benzene rings is 1. The fourth-order valence-electron chi connectivity index (χ4n) is 3.82. The molecule has 8 nitrogen and oxygen atoms in total. The number of pyridine rings is 1.